The molecule has 0 unspecified atom stereocenters. The Morgan fingerprint density at radius 1 is 1.54 bits per heavy atom. The third-order valence-corrected chi connectivity index (χ3v) is 1.78. The smallest absolute Gasteiger partial charge is 0.339 e. The molecule has 0 saturated carbocycles. The van der Waals surface area contributed by atoms with E-state index in [4.69, 9.17) is 0 Å². The minimum absolute atomic E-state index is 0.0146. The molecule has 13 heavy (non-hydrogen) atoms. The maximum atomic E-state index is 11.1. The molecule has 4 heteroatoms. The molecule has 0 aliphatic carbocycles. The lowest BCUT2D eigenvalue weighted by Crippen LogP contribution is -2.25. The average Bonchev–Trinajstić information content (AvgIpc) is 2.50. The predicted octanol–water partition coefficient (Wildman–Crippen LogP) is 1.37. The topological polar surface area (TPSA) is 46.9 Å². The van der Waals surface area contributed by atoms with Crippen molar-refractivity contribution in [1.29, 1.82) is 0 Å². The molecule has 1 heterocycles. The largest absolute Gasteiger partial charge is 0.341 e. The Hall–Kier alpha value is -1.32. The highest BCUT2D eigenvalue weighted by Gasteiger charge is 2.17. The Morgan fingerprint density at radius 2 is 2.15 bits per heavy atom. The van der Waals surface area contributed by atoms with Crippen molar-refractivity contribution in [1.82, 2.24) is 15.1 Å². The van der Waals surface area contributed by atoms with Crippen LogP contribution in [-0.2, 0) is 5.41 Å². The lowest BCUT2D eigenvalue weighted by atomic mass is 9.93. The Bertz CT molecular complexity index is 309. The minimum Gasteiger partial charge on any atom is -0.339 e. The summed E-state index contributed by atoms with van der Waals surface area (Å²) in [5.74, 6) is 0. The van der Waals surface area contributed by atoms with E-state index in [1.807, 2.05) is 6.07 Å². The summed E-state index contributed by atoms with van der Waals surface area (Å²) in [5, 5.41) is 6.66. The molecule has 1 N–H and O–H groups in total. The molecule has 0 radical (unpaired) electrons. The zero-order valence-corrected chi connectivity index (χ0v) is 8.46. The van der Waals surface area contributed by atoms with Crippen LogP contribution in [0.2, 0.25) is 0 Å². The monoisotopic (exact) mass is 181 g/mol. The second-order valence-electron chi connectivity index (χ2n) is 3.95. The molecular weight excluding hydrogens is 166 g/mol. The lowest BCUT2D eigenvalue weighted by Gasteiger charge is -2.13. The Labute approximate surface area is 77.9 Å². The standard InChI is InChI=1S/C9H15N3O/c1-9(2,3)7-5-6-12(11-7)8(13)10-4/h5-6H,1-4H3,(H,10,13). The molecule has 1 rings (SSSR count). The molecule has 0 aliphatic heterocycles. The van der Waals surface area contributed by atoms with Crippen molar-refractivity contribution in [2.75, 3.05) is 7.05 Å². The van der Waals surface area contributed by atoms with Crippen molar-refractivity contribution >= 4 is 6.03 Å². The van der Waals surface area contributed by atoms with E-state index < -0.39 is 0 Å². The molecule has 1 aromatic heterocycles. The van der Waals surface area contributed by atoms with Crippen LogP contribution in [-0.4, -0.2) is 22.9 Å². The quantitative estimate of drug-likeness (QED) is 0.657. The van der Waals surface area contributed by atoms with Gasteiger partial charge >= 0.3 is 6.03 Å². The van der Waals surface area contributed by atoms with Crippen LogP contribution in [0.3, 0.4) is 0 Å². The van der Waals surface area contributed by atoms with E-state index in [2.05, 4.69) is 31.2 Å². The summed E-state index contributed by atoms with van der Waals surface area (Å²) in [6, 6.07) is 1.64. The molecular formula is C9H15N3O. The van der Waals surface area contributed by atoms with E-state index >= 15 is 0 Å². The molecule has 0 atom stereocenters. The maximum Gasteiger partial charge on any atom is 0.341 e. The van der Waals surface area contributed by atoms with E-state index in [9.17, 15) is 4.79 Å². The highest BCUT2D eigenvalue weighted by atomic mass is 16.2. The normalized spacial score (nSPS) is 11.4. The third kappa shape index (κ3) is 2.08. The fraction of sp³-hybridized carbons (Fsp3) is 0.556. The summed E-state index contributed by atoms with van der Waals surface area (Å²) in [5.41, 5.74) is 0.898. The number of nitrogens with one attached hydrogen (secondary N) is 1. The van der Waals surface area contributed by atoms with Crippen molar-refractivity contribution in [3.8, 4) is 0 Å². The van der Waals surface area contributed by atoms with Crippen LogP contribution in [0.15, 0.2) is 12.3 Å². The van der Waals surface area contributed by atoms with Gasteiger partial charge in [-0.1, -0.05) is 20.8 Å². The summed E-state index contributed by atoms with van der Waals surface area (Å²) in [6.45, 7) is 6.18. The second kappa shape index (κ2) is 3.20. The zero-order valence-electron chi connectivity index (χ0n) is 8.46. The molecule has 1 amide bonds. The van der Waals surface area contributed by atoms with Gasteiger partial charge in [-0.3, -0.25) is 0 Å². The number of rotatable bonds is 0. The third-order valence-electron chi connectivity index (χ3n) is 1.78. The lowest BCUT2D eigenvalue weighted by molar-refractivity contribution is 0.241. The fourth-order valence-electron chi connectivity index (χ4n) is 0.952. The number of hydrogen-bond donors (Lipinski definition) is 1. The van der Waals surface area contributed by atoms with Crippen LogP contribution in [0.25, 0.3) is 0 Å². The van der Waals surface area contributed by atoms with Crippen molar-refractivity contribution in [3.05, 3.63) is 18.0 Å². The summed E-state index contributed by atoms with van der Waals surface area (Å²) in [7, 11) is 1.58. The molecule has 4 nitrogen and oxygen atoms in total. The van der Waals surface area contributed by atoms with Crippen LogP contribution < -0.4 is 5.32 Å². The van der Waals surface area contributed by atoms with E-state index in [-0.39, 0.29) is 11.4 Å². The van der Waals surface area contributed by atoms with Gasteiger partial charge in [0.15, 0.2) is 0 Å². The molecule has 0 bridgehead atoms. The molecule has 1 aromatic rings. The van der Waals surface area contributed by atoms with E-state index in [0.29, 0.717) is 0 Å². The van der Waals surface area contributed by atoms with E-state index in [0.717, 1.165) is 5.69 Å². The van der Waals surface area contributed by atoms with Gasteiger partial charge in [0.25, 0.3) is 0 Å². The number of hydrogen-bond acceptors (Lipinski definition) is 2. The number of carbonyl (C=O) groups is 1. The highest BCUT2D eigenvalue weighted by Crippen LogP contribution is 2.19. The molecule has 0 saturated heterocycles. The van der Waals surface area contributed by atoms with Gasteiger partial charge in [0, 0.05) is 18.7 Å². The first-order chi connectivity index (χ1) is 5.95. The first-order valence-corrected chi connectivity index (χ1v) is 4.23. The molecule has 0 spiro atoms. The van der Waals surface area contributed by atoms with E-state index in [1.165, 1.54) is 4.68 Å². The minimum atomic E-state index is -0.212. The molecule has 0 aliphatic rings. The summed E-state index contributed by atoms with van der Waals surface area (Å²) < 4.78 is 1.31. The maximum absolute atomic E-state index is 11.1. The van der Waals surface area contributed by atoms with Gasteiger partial charge in [-0.2, -0.15) is 9.78 Å². The SMILES string of the molecule is CNC(=O)n1ccc(C(C)(C)C)n1. The van der Waals surface area contributed by atoms with Crippen molar-refractivity contribution in [2.45, 2.75) is 26.2 Å². The summed E-state index contributed by atoms with van der Waals surface area (Å²) in [6.07, 6.45) is 1.67. The zero-order chi connectivity index (χ0) is 10.1. The average molecular weight is 181 g/mol. The van der Waals surface area contributed by atoms with E-state index in [1.54, 1.807) is 13.2 Å². The van der Waals surface area contributed by atoms with Gasteiger partial charge in [-0.05, 0) is 6.07 Å². The van der Waals surface area contributed by atoms with Crippen LogP contribution in [0.4, 0.5) is 4.79 Å². The predicted molar refractivity (Wildman–Crippen MR) is 50.8 cm³/mol. The summed E-state index contributed by atoms with van der Waals surface area (Å²) in [4.78, 5) is 11.1. The van der Waals surface area contributed by atoms with Gasteiger partial charge in [0.2, 0.25) is 0 Å². The Balaban J connectivity index is 2.93. The van der Waals surface area contributed by atoms with Crippen molar-refractivity contribution < 1.29 is 4.79 Å². The Morgan fingerprint density at radius 3 is 2.54 bits per heavy atom. The first-order valence-electron chi connectivity index (χ1n) is 4.23. The van der Waals surface area contributed by atoms with Crippen molar-refractivity contribution in [3.63, 3.8) is 0 Å². The van der Waals surface area contributed by atoms with Gasteiger partial charge in [-0.25, -0.2) is 4.79 Å². The van der Waals surface area contributed by atoms with Crippen LogP contribution >= 0.6 is 0 Å². The van der Waals surface area contributed by atoms with Gasteiger partial charge < -0.3 is 5.32 Å². The van der Waals surface area contributed by atoms with Crippen molar-refractivity contribution in [2.24, 2.45) is 0 Å². The second-order valence-corrected chi connectivity index (χ2v) is 3.95. The molecule has 0 aromatic carbocycles. The van der Waals surface area contributed by atoms with Gasteiger partial charge in [0.1, 0.15) is 0 Å². The molecule has 0 fully saturated rings. The van der Waals surface area contributed by atoms with Gasteiger partial charge in [-0.15, -0.1) is 0 Å². The number of aromatic nitrogens is 2. The fourth-order valence-corrected chi connectivity index (χ4v) is 0.952. The van der Waals surface area contributed by atoms with Crippen LogP contribution in [0.1, 0.15) is 26.5 Å². The Kier molecular flexibility index (Phi) is 2.40. The number of amides is 1. The first kappa shape index (κ1) is 9.77. The van der Waals surface area contributed by atoms with Crippen LogP contribution in [0, 0.1) is 0 Å². The highest BCUT2D eigenvalue weighted by molar-refractivity contribution is 5.75. The van der Waals surface area contributed by atoms with Gasteiger partial charge in [0.05, 0.1) is 5.69 Å². The summed E-state index contributed by atoms with van der Waals surface area (Å²) >= 11 is 0. The number of nitrogens with zero attached hydrogens (tertiary/aromatic N) is 2. The number of carbonyl (C=O) groups excluding carboxylic acids is 1. The van der Waals surface area contributed by atoms with Crippen LogP contribution in [0.5, 0.6) is 0 Å². The molecule has 72 valence electrons.